The molecule has 9 nitrogen and oxygen atoms in total. The molecule has 262 valence electrons. The molecular weight excluding hydrogens is 726 g/mol. The predicted molar refractivity (Wildman–Crippen MR) is 193 cm³/mol. The molecule has 2 N–H and O–H groups in total. The van der Waals surface area contributed by atoms with Gasteiger partial charge in [0.1, 0.15) is 27.4 Å². The van der Waals surface area contributed by atoms with Crippen LogP contribution in [0.3, 0.4) is 0 Å². The third-order valence-corrected chi connectivity index (χ3v) is 10.1. The van der Waals surface area contributed by atoms with Crippen LogP contribution < -0.4 is 10.0 Å². The van der Waals surface area contributed by atoms with Gasteiger partial charge in [0.2, 0.25) is 5.95 Å². The lowest BCUT2D eigenvalue weighted by Gasteiger charge is -2.25. The number of morpholine rings is 1. The Bertz CT molecular complexity index is 2140. The normalized spacial score (nSPS) is 14.5. The van der Waals surface area contributed by atoms with Crippen molar-refractivity contribution in [3.8, 4) is 32.4 Å². The Labute approximate surface area is 302 Å². The number of rotatable bonds is 12. The number of aromatic nitrogens is 3. The van der Waals surface area contributed by atoms with Crippen LogP contribution in [0.2, 0.25) is 5.02 Å². The third kappa shape index (κ3) is 8.57. The molecule has 1 fully saturated rings. The fraction of sp³-hybridized carbons (Fsp3) is 0.143. The summed E-state index contributed by atoms with van der Waals surface area (Å²) in [5.41, 5.74) is 1.19. The quantitative estimate of drug-likeness (QED) is 0.0754. The van der Waals surface area contributed by atoms with E-state index in [0.717, 1.165) is 42.6 Å². The number of aliphatic imine (C=N–C) groups is 1. The van der Waals surface area contributed by atoms with Gasteiger partial charge in [0.25, 0.3) is 0 Å². The van der Waals surface area contributed by atoms with E-state index in [1.807, 2.05) is 12.2 Å². The average Bonchev–Trinajstić information content (AvgIpc) is 3.56. The average molecular weight is 754 g/mol. The van der Waals surface area contributed by atoms with Crippen LogP contribution in [0, 0.1) is 23.3 Å². The molecule has 0 amide bonds. The van der Waals surface area contributed by atoms with Gasteiger partial charge in [-0.3, -0.25) is 14.6 Å². The molecule has 1 saturated heterocycles. The van der Waals surface area contributed by atoms with Crippen LogP contribution in [0.5, 0.6) is 0 Å². The smallest absolute Gasteiger partial charge is 0.227 e. The largest absolute Gasteiger partial charge is 0.379 e. The van der Waals surface area contributed by atoms with E-state index >= 15 is 4.39 Å². The van der Waals surface area contributed by atoms with Gasteiger partial charge in [-0.05, 0) is 61.3 Å². The van der Waals surface area contributed by atoms with Gasteiger partial charge in [-0.15, -0.1) is 11.3 Å². The molecule has 0 bridgehead atoms. The fourth-order valence-electron chi connectivity index (χ4n) is 5.04. The Hall–Kier alpha value is -4.80. The molecule has 0 radical (unpaired) electrons. The number of nitrogens with one attached hydrogen (secondary N) is 2. The lowest BCUT2D eigenvalue weighted by molar-refractivity contribution is 0.0434. The van der Waals surface area contributed by atoms with E-state index in [2.05, 4.69) is 36.6 Å². The highest BCUT2D eigenvalue weighted by molar-refractivity contribution is 7.86. The predicted octanol–water partition coefficient (Wildman–Crippen LogP) is 8.12. The lowest BCUT2D eigenvalue weighted by atomic mass is 10.1. The zero-order valence-electron chi connectivity index (χ0n) is 26.6. The first-order valence-corrected chi connectivity index (χ1v) is 17.7. The van der Waals surface area contributed by atoms with E-state index in [0.29, 0.717) is 46.6 Å². The number of benzene rings is 3. The minimum Gasteiger partial charge on any atom is -0.379 e. The summed E-state index contributed by atoms with van der Waals surface area (Å²) in [4.78, 5) is 19.5. The summed E-state index contributed by atoms with van der Waals surface area (Å²) in [6.07, 6.45) is 6.84. The maximum atomic E-state index is 16.3. The van der Waals surface area contributed by atoms with Gasteiger partial charge in [-0.1, -0.05) is 29.8 Å². The number of hydrogen-bond acceptors (Lipinski definition) is 9. The lowest BCUT2D eigenvalue weighted by Crippen LogP contribution is -2.36. The highest BCUT2D eigenvalue weighted by atomic mass is 35.5. The molecule has 0 saturated carbocycles. The number of hydrogen-bond donors (Lipinski definition) is 2. The molecule has 16 heteroatoms. The Morgan fingerprint density at radius 3 is 2.55 bits per heavy atom. The molecular formula is C35H28ClF4N7O2S2. The Kier molecular flexibility index (Phi) is 11.6. The molecule has 1 atom stereocenters. The van der Waals surface area contributed by atoms with Crippen LogP contribution in [-0.2, 0) is 15.7 Å². The standard InChI is InChI=1S/C35H28ClF4N7O2S2/c1-41-20-22(5-4-14-47-15-17-49-18-16-47)43-35-42-13-12-29(44-35)32-31(45-34(50-32)21-10-11-25(37)24(36)19-21)23-6-2-9-28(30(23)40)46-51(48)33-26(38)7-3-8-27(33)39/h2-13,19-20,46H,1,14-18H2,(H,42,43,44)/b5-4-,22-20+. The van der Waals surface area contributed by atoms with Gasteiger partial charge in [0.05, 0.1) is 45.9 Å². The maximum Gasteiger partial charge on any atom is 0.227 e. The maximum absolute atomic E-state index is 16.3. The topological polar surface area (TPSA) is 105 Å². The molecule has 2 aromatic heterocycles. The van der Waals surface area contributed by atoms with Crippen molar-refractivity contribution in [2.45, 2.75) is 4.90 Å². The number of nitrogens with zero attached hydrogens (tertiary/aromatic N) is 5. The van der Waals surface area contributed by atoms with Crippen LogP contribution in [0.4, 0.5) is 29.2 Å². The Morgan fingerprint density at radius 2 is 1.80 bits per heavy atom. The minimum absolute atomic E-state index is 0.0349. The highest BCUT2D eigenvalue weighted by Crippen LogP contribution is 2.42. The Balaban J connectivity index is 1.36. The number of anilines is 2. The van der Waals surface area contributed by atoms with Crippen molar-refractivity contribution in [2.75, 3.05) is 42.9 Å². The Morgan fingerprint density at radius 1 is 1.04 bits per heavy atom. The van der Waals surface area contributed by atoms with Crippen LogP contribution in [-0.4, -0.2) is 63.6 Å². The van der Waals surface area contributed by atoms with Crippen LogP contribution in [0.15, 0.2) is 101 Å². The fourth-order valence-corrected chi connectivity index (χ4v) is 7.21. The van der Waals surface area contributed by atoms with Crippen LogP contribution in [0.25, 0.3) is 32.4 Å². The van der Waals surface area contributed by atoms with Crippen molar-refractivity contribution in [3.05, 3.63) is 119 Å². The molecule has 1 aliphatic rings. The number of ether oxygens (including phenoxy) is 1. The van der Waals surface area contributed by atoms with E-state index < -0.39 is 39.1 Å². The molecule has 1 aliphatic heterocycles. The number of halogens is 5. The third-order valence-electron chi connectivity index (χ3n) is 7.49. The molecule has 6 rings (SSSR count). The van der Waals surface area contributed by atoms with E-state index in [9.17, 15) is 17.4 Å². The summed E-state index contributed by atoms with van der Waals surface area (Å²) >= 11 is 7.22. The summed E-state index contributed by atoms with van der Waals surface area (Å²) in [6.45, 7) is 7.25. The van der Waals surface area contributed by atoms with E-state index in [1.165, 1.54) is 48.8 Å². The van der Waals surface area contributed by atoms with Gasteiger partial charge < -0.3 is 10.1 Å². The highest BCUT2D eigenvalue weighted by Gasteiger charge is 2.24. The summed E-state index contributed by atoms with van der Waals surface area (Å²) in [5.74, 6) is -3.42. The second-order valence-electron chi connectivity index (χ2n) is 10.9. The van der Waals surface area contributed by atoms with Crippen molar-refractivity contribution >= 4 is 52.3 Å². The summed E-state index contributed by atoms with van der Waals surface area (Å²) in [5, 5.41) is 3.37. The monoisotopic (exact) mass is 753 g/mol. The minimum atomic E-state index is -2.49. The molecule has 0 aliphatic carbocycles. The van der Waals surface area contributed by atoms with E-state index in [1.54, 1.807) is 6.07 Å². The zero-order chi connectivity index (χ0) is 35.9. The summed E-state index contributed by atoms with van der Waals surface area (Å²) < 4.78 is 79.8. The van der Waals surface area contributed by atoms with Gasteiger partial charge in [-0.25, -0.2) is 36.7 Å². The number of allylic oxidation sites excluding steroid dienone is 1. The molecule has 3 aromatic carbocycles. The molecule has 3 heterocycles. The van der Waals surface area contributed by atoms with Gasteiger partial charge >= 0.3 is 0 Å². The van der Waals surface area contributed by atoms with Crippen LogP contribution >= 0.6 is 22.9 Å². The van der Waals surface area contributed by atoms with Crippen LogP contribution in [0.1, 0.15) is 0 Å². The van der Waals surface area contributed by atoms with Crippen molar-refractivity contribution in [1.82, 2.24) is 19.9 Å². The zero-order valence-corrected chi connectivity index (χ0v) is 29.0. The second kappa shape index (κ2) is 16.5. The molecule has 1 unspecified atom stereocenters. The van der Waals surface area contributed by atoms with Gasteiger partial charge in [0.15, 0.2) is 16.8 Å². The SMILES string of the molecule is C=N/C=C(\C=C/CN1CCOCC1)Nc1nccc(-c2sc(-c3ccc(F)c(Cl)c3)nc2-c2cccc(NS(=O)c3c(F)cccc3F)c2F)n1. The second-order valence-corrected chi connectivity index (χ2v) is 13.4. The van der Waals surface area contributed by atoms with Gasteiger partial charge in [-0.2, -0.15) is 0 Å². The molecule has 51 heavy (non-hydrogen) atoms. The first-order chi connectivity index (χ1) is 24.7. The van der Waals surface area contributed by atoms with E-state index in [-0.39, 0.29) is 27.9 Å². The van der Waals surface area contributed by atoms with Crippen molar-refractivity contribution in [2.24, 2.45) is 4.99 Å². The number of thiazole rings is 1. The van der Waals surface area contributed by atoms with E-state index in [4.69, 9.17) is 21.3 Å². The summed E-state index contributed by atoms with van der Waals surface area (Å²) in [7, 11) is -2.49. The summed E-state index contributed by atoms with van der Waals surface area (Å²) in [6, 6.07) is 12.9. The van der Waals surface area contributed by atoms with Gasteiger partial charge in [0, 0.05) is 43.2 Å². The molecule has 5 aromatic rings. The van der Waals surface area contributed by atoms with Crippen molar-refractivity contribution in [3.63, 3.8) is 0 Å². The van der Waals surface area contributed by atoms with Crippen molar-refractivity contribution < 1.29 is 26.5 Å². The molecule has 0 spiro atoms. The first-order valence-electron chi connectivity index (χ1n) is 15.3. The first kappa shape index (κ1) is 36.0. The van der Waals surface area contributed by atoms with Crippen molar-refractivity contribution in [1.29, 1.82) is 0 Å².